The molecule has 0 aliphatic heterocycles. The molecule has 5 heteroatoms. The van der Waals surface area contributed by atoms with E-state index >= 15 is 0 Å². The van der Waals surface area contributed by atoms with Crippen LogP contribution in [0.3, 0.4) is 0 Å². The highest BCUT2D eigenvalue weighted by Gasteiger charge is 2.47. The second-order valence-corrected chi connectivity index (χ2v) is 5.99. The van der Waals surface area contributed by atoms with Crippen LogP contribution in [0, 0.1) is 11.2 Å². The zero-order chi connectivity index (χ0) is 14.5. The number of nitrogens with zero attached hydrogens (tertiary/aromatic N) is 1. The van der Waals surface area contributed by atoms with Gasteiger partial charge < -0.3 is 16.2 Å². The molecule has 106 valence electrons. The molecule has 1 saturated carbocycles. The summed E-state index contributed by atoms with van der Waals surface area (Å²) in [7, 11) is 0. The summed E-state index contributed by atoms with van der Waals surface area (Å²) in [6, 6.07) is 4.93. The van der Waals surface area contributed by atoms with Crippen LogP contribution in [-0.2, 0) is 0 Å². The number of nitrogens with one attached hydrogen (secondary N) is 1. The zero-order valence-corrected chi connectivity index (χ0v) is 11.5. The van der Waals surface area contributed by atoms with Crippen molar-refractivity contribution >= 4 is 22.3 Å². The molecule has 0 saturated heterocycles. The van der Waals surface area contributed by atoms with Gasteiger partial charge >= 0.3 is 0 Å². The third-order valence-electron chi connectivity index (χ3n) is 4.41. The summed E-state index contributed by atoms with van der Waals surface area (Å²) >= 11 is 0. The number of aliphatic hydroxyl groups excluding tert-OH is 1. The van der Waals surface area contributed by atoms with Crippen LogP contribution in [-0.4, -0.2) is 22.2 Å². The van der Waals surface area contributed by atoms with Crippen molar-refractivity contribution in [2.75, 3.05) is 11.1 Å². The Balaban J connectivity index is 2.04. The summed E-state index contributed by atoms with van der Waals surface area (Å²) in [6.07, 6.45) is 1.86. The Kier molecular flexibility index (Phi) is 2.83. The summed E-state index contributed by atoms with van der Waals surface area (Å²) in [5, 5.41) is 13.7. The molecule has 1 aliphatic carbocycles. The van der Waals surface area contributed by atoms with Gasteiger partial charge in [0.15, 0.2) is 5.82 Å². The molecule has 2 atom stereocenters. The highest BCUT2D eigenvalue weighted by atomic mass is 19.1. The van der Waals surface area contributed by atoms with Gasteiger partial charge in [-0.1, -0.05) is 13.8 Å². The van der Waals surface area contributed by atoms with Crippen molar-refractivity contribution in [1.29, 1.82) is 0 Å². The van der Waals surface area contributed by atoms with Crippen molar-refractivity contribution in [3.05, 3.63) is 30.2 Å². The quantitative estimate of drug-likeness (QED) is 0.736. The number of fused-ring (bicyclic) bond motifs is 1. The predicted octanol–water partition coefficient (Wildman–Crippen LogP) is 2.53. The number of rotatable bonds is 2. The number of halogens is 1. The zero-order valence-electron chi connectivity index (χ0n) is 11.5. The van der Waals surface area contributed by atoms with E-state index in [0.717, 1.165) is 5.39 Å². The van der Waals surface area contributed by atoms with Crippen LogP contribution < -0.4 is 11.1 Å². The molecular formula is C15H18FN3O. The first-order chi connectivity index (χ1) is 9.41. The number of nitrogens with two attached hydrogens (primary N) is 1. The van der Waals surface area contributed by atoms with Crippen molar-refractivity contribution in [3.8, 4) is 0 Å². The molecule has 0 bridgehead atoms. The number of pyridine rings is 1. The molecule has 1 heterocycles. The molecule has 20 heavy (non-hydrogen) atoms. The van der Waals surface area contributed by atoms with Gasteiger partial charge in [0.1, 0.15) is 0 Å². The van der Waals surface area contributed by atoms with Gasteiger partial charge in [-0.05, 0) is 24.6 Å². The smallest absolute Gasteiger partial charge is 0.150 e. The molecule has 1 aromatic heterocycles. The molecule has 1 aromatic carbocycles. The highest BCUT2D eigenvalue weighted by molar-refractivity contribution is 5.98. The average Bonchev–Trinajstić information content (AvgIpc) is 2.42. The number of hydrogen-bond donors (Lipinski definition) is 3. The first kappa shape index (κ1) is 13.1. The maximum absolute atomic E-state index is 14.2. The molecule has 0 spiro atoms. The Labute approximate surface area is 116 Å². The minimum absolute atomic E-state index is 0.0147. The molecular weight excluding hydrogens is 257 g/mol. The molecule has 4 N–H and O–H groups in total. The molecule has 3 rings (SSSR count). The van der Waals surface area contributed by atoms with Gasteiger partial charge in [-0.15, -0.1) is 0 Å². The molecule has 0 amide bonds. The number of aliphatic hydroxyl groups is 1. The van der Waals surface area contributed by atoms with Gasteiger partial charge in [0.05, 0.1) is 17.3 Å². The Morgan fingerprint density at radius 1 is 1.50 bits per heavy atom. The van der Waals surface area contributed by atoms with Crippen molar-refractivity contribution in [2.24, 2.45) is 5.41 Å². The topological polar surface area (TPSA) is 71.2 Å². The van der Waals surface area contributed by atoms with Gasteiger partial charge in [-0.25, -0.2) is 4.39 Å². The predicted molar refractivity (Wildman–Crippen MR) is 77.9 cm³/mol. The monoisotopic (exact) mass is 275 g/mol. The van der Waals surface area contributed by atoms with Crippen molar-refractivity contribution in [3.63, 3.8) is 0 Å². The summed E-state index contributed by atoms with van der Waals surface area (Å²) in [5.41, 5.74) is 6.82. The van der Waals surface area contributed by atoms with Crippen LogP contribution in [0.5, 0.6) is 0 Å². The molecule has 0 radical (unpaired) electrons. The number of nitrogen functional groups attached to an aromatic ring is 1. The minimum atomic E-state index is -0.411. The summed E-state index contributed by atoms with van der Waals surface area (Å²) in [5.74, 6) is -0.411. The fraction of sp³-hybridized carbons (Fsp3) is 0.400. The average molecular weight is 275 g/mol. The second-order valence-electron chi connectivity index (χ2n) is 5.99. The third kappa shape index (κ3) is 1.81. The van der Waals surface area contributed by atoms with Crippen molar-refractivity contribution in [1.82, 2.24) is 4.98 Å². The highest BCUT2D eigenvalue weighted by Crippen LogP contribution is 2.43. The Morgan fingerprint density at radius 3 is 2.90 bits per heavy atom. The van der Waals surface area contributed by atoms with Crippen LogP contribution in [0.1, 0.15) is 20.3 Å². The van der Waals surface area contributed by atoms with E-state index in [1.165, 1.54) is 6.07 Å². The van der Waals surface area contributed by atoms with E-state index in [0.29, 0.717) is 23.3 Å². The maximum Gasteiger partial charge on any atom is 0.150 e. The number of anilines is 2. The fourth-order valence-electron chi connectivity index (χ4n) is 2.70. The SMILES string of the molecule is CC1(C)C(O)CC1Nc1c(F)cc(N)c2cccnc12. The number of benzene rings is 1. The standard InChI is InChI=1S/C15H18FN3O/c1-15(2)11(7-12(15)20)19-14-9(16)6-10(17)8-4-3-5-18-13(8)14/h3-6,11-12,19-20H,7,17H2,1-2H3. The lowest BCUT2D eigenvalue weighted by atomic mass is 9.64. The lowest BCUT2D eigenvalue weighted by Crippen LogP contribution is -2.57. The van der Waals surface area contributed by atoms with Crippen LogP contribution in [0.2, 0.25) is 0 Å². The van der Waals surface area contributed by atoms with Crippen molar-refractivity contribution in [2.45, 2.75) is 32.4 Å². The molecule has 1 aliphatic rings. The van der Waals surface area contributed by atoms with Gasteiger partial charge in [0.25, 0.3) is 0 Å². The van der Waals surface area contributed by atoms with E-state index < -0.39 is 5.82 Å². The van der Waals surface area contributed by atoms with Gasteiger partial charge in [-0.3, -0.25) is 4.98 Å². The van der Waals surface area contributed by atoms with E-state index in [1.807, 2.05) is 19.9 Å². The molecule has 2 aromatic rings. The van der Waals surface area contributed by atoms with Crippen molar-refractivity contribution < 1.29 is 9.50 Å². The Morgan fingerprint density at radius 2 is 2.25 bits per heavy atom. The van der Waals surface area contributed by atoms with Gasteiger partial charge in [-0.2, -0.15) is 0 Å². The minimum Gasteiger partial charge on any atom is -0.398 e. The lowest BCUT2D eigenvalue weighted by Gasteiger charge is -2.49. The van der Waals surface area contributed by atoms with Crippen LogP contribution >= 0.6 is 0 Å². The van der Waals surface area contributed by atoms with Crippen LogP contribution in [0.25, 0.3) is 10.9 Å². The van der Waals surface area contributed by atoms with E-state index in [1.54, 1.807) is 12.3 Å². The molecule has 2 unspecified atom stereocenters. The first-order valence-electron chi connectivity index (χ1n) is 6.68. The largest absolute Gasteiger partial charge is 0.398 e. The first-order valence-corrected chi connectivity index (χ1v) is 6.68. The number of aromatic nitrogens is 1. The lowest BCUT2D eigenvalue weighted by molar-refractivity contribution is -0.0511. The summed E-state index contributed by atoms with van der Waals surface area (Å²) in [6.45, 7) is 3.92. The molecule has 4 nitrogen and oxygen atoms in total. The maximum atomic E-state index is 14.2. The number of hydrogen-bond acceptors (Lipinski definition) is 4. The van der Waals surface area contributed by atoms with Crippen LogP contribution in [0.4, 0.5) is 15.8 Å². The second kappa shape index (κ2) is 4.31. The Bertz CT molecular complexity index is 671. The van der Waals surface area contributed by atoms with E-state index in [9.17, 15) is 9.50 Å². The summed E-state index contributed by atoms with van der Waals surface area (Å²) in [4.78, 5) is 4.24. The van der Waals surface area contributed by atoms with Gasteiger partial charge in [0.2, 0.25) is 0 Å². The van der Waals surface area contributed by atoms with E-state index in [4.69, 9.17) is 5.73 Å². The third-order valence-corrected chi connectivity index (χ3v) is 4.41. The van der Waals surface area contributed by atoms with E-state index in [2.05, 4.69) is 10.3 Å². The van der Waals surface area contributed by atoms with Gasteiger partial charge in [0, 0.05) is 28.7 Å². The van der Waals surface area contributed by atoms with E-state index in [-0.39, 0.29) is 17.6 Å². The van der Waals surface area contributed by atoms with Crippen LogP contribution in [0.15, 0.2) is 24.4 Å². The normalized spacial score (nSPS) is 24.4. The molecule has 1 fully saturated rings. The summed E-state index contributed by atoms with van der Waals surface area (Å²) < 4.78 is 14.2. The Hall–Kier alpha value is -1.88. The fourth-order valence-corrected chi connectivity index (χ4v) is 2.70.